The van der Waals surface area contributed by atoms with Crippen LogP contribution in [0, 0.1) is 5.82 Å². The summed E-state index contributed by atoms with van der Waals surface area (Å²) in [6.45, 7) is 0. The lowest BCUT2D eigenvalue weighted by atomic mass is 9.99. The molecule has 9 heteroatoms. The highest BCUT2D eigenvalue weighted by Crippen LogP contribution is 2.41. The number of hydrogen-bond acceptors (Lipinski definition) is 6. The number of carbonyl (C=O) groups excluding carboxylic acids is 2. The highest BCUT2D eigenvalue weighted by atomic mass is 35.5. The zero-order chi connectivity index (χ0) is 29.2. The van der Waals surface area contributed by atoms with Gasteiger partial charge < -0.3 is 11.1 Å². The van der Waals surface area contributed by atoms with Crippen molar-refractivity contribution in [2.45, 2.75) is 0 Å². The van der Waals surface area contributed by atoms with Crippen molar-refractivity contribution < 1.29 is 14.0 Å². The summed E-state index contributed by atoms with van der Waals surface area (Å²) in [7, 11) is 0. The van der Waals surface area contributed by atoms with Crippen LogP contribution in [0.1, 0.15) is 24.9 Å². The molecule has 3 heterocycles. The van der Waals surface area contributed by atoms with Crippen LogP contribution in [0.3, 0.4) is 0 Å². The van der Waals surface area contributed by atoms with Crippen molar-refractivity contribution in [1.29, 1.82) is 0 Å². The summed E-state index contributed by atoms with van der Waals surface area (Å²) >= 11 is 8.79. The van der Waals surface area contributed by atoms with E-state index in [1.54, 1.807) is 65.9 Å². The summed E-state index contributed by atoms with van der Waals surface area (Å²) in [6.07, 6.45) is 3.30. The van der Waals surface area contributed by atoms with Crippen molar-refractivity contribution >= 4 is 73.6 Å². The van der Waals surface area contributed by atoms with Crippen LogP contribution in [0.15, 0.2) is 102 Å². The summed E-state index contributed by atoms with van der Waals surface area (Å²) < 4.78 is 14.2. The van der Waals surface area contributed by atoms with Crippen LogP contribution in [-0.2, 0) is 0 Å². The molecule has 0 saturated carbocycles. The van der Waals surface area contributed by atoms with Gasteiger partial charge in [0.25, 0.3) is 5.91 Å². The van der Waals surface area contributed by atoms with Crippen LogP contribution < -0.4 is 11.1 Å². The van der Waals surface area contributed by atoms with Gasteiger partial charge in [0.1, 0.15) is 15.5 Å². The van der Waals surface area contributed by atoms with Crippen molar-refractivity contribution in [2.24, 2.45) is 0 Å². The van der Waals surface area contributed by atoms with Gasteiger partial charge >= 0.3 is 0 Å². The fraction of sp³-hybridized carbons (Fsp3) is 0. The maximum atomic E-state index is 14.2. The lowest BCUT2D eigenvalue weighted by Crippen LogP contribution is -2.12. The number of aromatic nitrogens is 1. The molecule has 3 aromatic carbocycles. The number of halogens is 2. The molecule has 6 aromatic rings. The topological polar surface area (TPSA) is 85.1 Å². The first-order chi connectivity index (χ1) is 20.4. The molecule has 42 heavy (non-hydrogen) atoms. The second-order valence-electron chi connectivity index (χ2n) is 9.34. The van der Waals surface area contributed by atoms with Crippen LogP contribution in [0.25, 0.3) is 38.7 Å². The molecule has 0 radical (unpaired) electrons. The van der Waals surface area contributed by atoms with E-state index in [0.717, 1.165) is 21.8 Å². The Morgan fingerprint density at radius 2 is 1.71 bits per heavy atom. The molecule has 0 aliphatic rings. The van der Waals surface area contributed by atoms with Crippen molar-refractivity contribution in [2.75, 3.05) is 11.1 Å². The number of anilines is 2. The van der Waals surface area contributed by atoms with Crippen molar-refractivity contribution in [3.8, 4) is 22.4 Å². The largest absolute Gasteiger partial charge is 0.397 e. The van der Waals surface area contributed by atoms with E-state index in [1.807, 2.05) is 35.7 Å². The summed E-state index contributed by atoms with van der Waals surface area (Å²) in [6, 6.07) is 25.8. The molecule has 0 saturated heterocycles. The fourth-order valence-electron chi connectivity index (χ4n) is 4.49. The lowest BCUT2D eigenvalue weighted by molar-refractivity contribution is 0.102. The molecule has 1 amide bonds. The summed E-state index contributed by atoms with van der Waals surface area (Å²) in [5, 5.41) is 5.98. The van der Waals surface area contributed by atoms with Crippen molar-refractivity contribution in [1.82, 2.24) is 4.98 Å². The highest BCUT2D eigenvalue weighted by Gasteiger charge is 2.22. The van der Waals surface area contributed by atoms with Gasteiger partial charge in [-0.3, -0.25) is 9.59 Å². The Balaban J connectivity index is 1.32. The zero-order valence-electron chi connectivity index (χ0n) is 21.8. The molecule has 3 aromatic heterocycles. The van der Waals surface area contributed by atoms with Crippen LogP contribution >= 0.6 is 34.3 Å². The van der Waals surface area contributed by atoms with E-state index < -0.39 is 5.91 Å². The Labute approximate surface area is 253 Å². The number of nitrogens with one attached hydrogen (secondary N) is 1. The third-order valence-electron chi connectivity index (χ3n) is 6.55. The van der Waals surface area contributed by atoms with Gasteiger partial charge in [0.05, 0.1) is 11.4 Å². The first kappa shape index (κ1) is 27.5. The zero-order valence-corrected chi connectivity index (χ0v) is 24.2. The van der Waals surface area contributed by atoms with E-state index in [2.05, 4.69) is 5.32 Å². The molecule has 3 N–H and O–H groups in total. The van der Waals surface area contributed by atoms with E-state index in [1.165, 1.54) is 18.2 Å². The fourth-order valence-corrected chi connectivity index (χ4v) is 6.25. The SMILES string of the molecule is Nc1c(C(=O)Nc2ccc(C(=O)/C=C/c3cccs3)cc2)sc2nc(-c3ccc(Cl)cc3)cc(-c3cccc(F)c3)c12. The predicted octanol–water partition coefficient (Wildman–Crippen LogP) is 9.21. The molecule has 0 fully saturated rings. The summed E-state index contributed by atoms with van der Waals surface area (Å²) in [5.41, 5.74) is 10.6. The number of hydrogen-bond donors (Lipinski definition) is 2. The van der Waals surface area contributed by atoms with Gasteiger partial charge in [-0.2, -0.15) is 0 Å². The molecule has 0 aliphatic heterocycles. The third kappa shape index (κ3) is 5.73. The number of fused-ring (bicyclic) bond motifs is 1. The van der Waals surface area contributed by atoms with E-state index >= 15 is 0 Å². The number of ketones is 1. The van der Waals surface area contributed by atoms with Gasteiger partial charge in [-0.15, -0.1) is 22.7 Å². The van der Waals surface area contributed by atoms with Crippen LogP contribution in [0.2, 0.25) is 5.02 Å². The maximum Gasteiger partial charge on any atom is 0.267 e. The minimum absolute atomic E-state index is 0.137. The summed E-state index contributed by atoms with van der Waals surface area (Å²) in [5.74, 6) is -0.936. The molecule has 0 atom stereocenters. The molecule has 0 spiro atoms. The van der Waals surface area contributed by atoms with Crippen molar-refractivity contribution in [3.63, 3.8) is 0 Å². The number of nitrogens with zero attached hydrogens (tertiary/aromatic N) is 1. The molecular formula is C33H21ClFN3O2S2. The number of nitrogens with two attached hydrogens (primary N) is 1. The normalized spacial score (nSPS) is 11.3. The Bertz CT molecular complexity index is 1970. The van der Waals surface area contributed by atoms with Crippen LogP contribution in [-0.4, -0.2) is 16.7 Å². The van der Waals surface area contributed by atoms with Gasteiger partial charge in [0.2, 0.25) is 0 Å². The first-order valence-electron chi connectivity index (χ1n) is 12.8. The molecule has 206 valence electrons. The quantitative estimate of drug-likeness (QED) is 0.140. The Morgan fingerprint density at radius 3 is 2.43 bits per heavy atom. The van der Waals surface area contributed by atoms with Crippen molar-refractivity contribution in [3.05, 3.63) is 129 Å². The number of amides is 1. The van der Waals surface area contributed by atoms with Gasteiger partial charge in [-0.1, -0.05) is 41.9 Å². The van der Waals surface area contributed by atoms with Crippen LogP contribution in [0.5, 0.6) is 0 Å². The average molecular weight is 610 g/mol. The maximum absolute atomic E-state index is 14.2. The van der Waals surface area contributed by atoms with E-state index in [-0.39, 0.29) is 22.2 Å². The van der Waals surface area contributed by atoms with Gasteiger partial charge in [0.15, 0.2) is 5.78 Å². The van der Waals surface area contributed by atoms with Gasteiger partial charge in [-0.05, 0) is 89.3 Å². The Morgan fingerprint density at radius 1 is 0.929 bits per heavy atom. The second kappa shape index (κ2) is 11.7. The number of nitrogen functional groups attached to an aromatic ring is 1. The first-order valence-corrected chi connectivity index (χ1v) is 14.9. The van der Waals surface area contributed by atoms with E-state index in [9.17, 15) is 14.0 Å². The molecular weight excluding hydrogens is 589 g/mol. The minimum Gasteiger partial charge on any atom is -0.397 e. The summed E-state index contributed by atoms with van der Waals surface area (Å²) in [4.78, 5) is 32.5. The number of thiophene rings is 2. The molecule has 0 unspecified atom stereocenters. The van der Waals surface area contributed by atoms with Gasteiger partial charge in [0, 0.05) is 32.1 Å². The molecule has 0 bridgehead atoms. The average Bonchev–Trinajstić information content (AvgIpc) is 3.64. The van der Waals surface area contributed by atoms with Gasteiger partial charge in [-0.25, -0.2) is 9.37 Å². The number of carbonyl (C=O) groups is 2. The number of rotatable bonds is 7. The molecule has 6 rings (SSSR count). The monoisotopic (exact) mass is 609 g/mol. The van der Waals surface area contributed by atoms with E-state index in [0.29, 0.717) is 43.3 Å². The second-order valence-corrected chi connectivity index (χ2v) is 11.8. The van der Waals surface area contributed by atoms with Crippen LogP contribution in [0.4, 0.5) is 15.8 Å². The smallest absolute Gasteiger partial charge is 0.267 e. The third-order valence-corrected chi connectivity index (χ3v) is 8.74. The molecule has 0 aliphatic carbocycles. The Hall–Kier alpha value is -4.63. The lowest BCUT2D eigenvalue weighted by Gasteiger charge is -2.09. The Kier molecular flexibility index (Phi) is 7.67. The standard InChI is InChI=1S/C33H21ClFN3O2S2/c34-22-10-6-19(7-11-22)27-18-26(21-3-1-4-23(35)17-21)29-30(36)31(42-33(29)38-27)32(40)37-24-12-8-20(9-13-24)28(39)15-14-25-5-2-16-41-25/h1-18H,36H2,(H,37,40)/b15-14+. The number of pyridine rings is 1. The number of allylic oxidation sites excluding steroid dienone is 1. The van der Waals surface area contributed by atoms with E-state index in [4.69, 9.17) is 22.3 Å². The number of benzene rings is 3. The minimum atomic E-state index is -0.412. The predicted molar refractivity (Wildman–Crippen MR) is 172 cm³/mol. The molecule has 5 nitrogen and oxygen atoms in total. The highest BCUT2D eigenvalue weighted by molar-refractivity contribution is 7.21.